The third-order valence-corrected chi connectivity index (χ3v) is 11.9. The minimum atomic E-state index is 0.545. The number of benzene rings is 9. The van der Waals surface area contributed by atoms with Gasteiger partial charge in [0.1, 0.15) is 6.07 Å². The molecule has 0 aromatic heterocycles. The van der Waals surface area contributed by atoms with Crippen LogP contribution < -0.4 is 19.6 Å². The van der Waals surface area contributed by atoms with E-state index >= 15 is 0 Å². The van der Waals surface area contributed by atoms with Crippen molar-refractivity contribution < 1.29 is 0 Å². The highest BCUT2D eigenvalue weighted by Crippen LogP contribution is 2.41. The molecule has 6 heteroatoms. The van der Waals surface area contributed by atoms with Crippen LogP contribution in [0.5, 0.6) is 0 Å². The van der Waals surface area contributed by atoms with Crippen LogP contribution in [0.25, 0.3) is 50.7 Å². The summed E-state index contributed by atoms with van der Waals surface area (Å²) in [5, 5.41) is 13.6. The molecule has 0 aliphatic heterocycles. The minimum absolute atomic E-state index is 0.545. The van der Waals surface area contributed by atoms with Crippen LogP contribution in [0.2, 0.25) is 0 Å². The molecule has 0 N–H and O–H groups in total. The summed E-state index contributed by atoms with van der Waals surface area (Å²) in [6.45, 7) is 8.28. The highest BCUT2D eigenvalue weighted by Gasteiger charge is 2.17. The van der Waals surface area contributed by atoms with Crippen molar-refractivity contribution in [2.75, 3.05) is 47.8 Å². The van der Waals surface area contributed by atoms with Crippen LogP contribution in [0, 0.1) is 17.9 Å². The van der Waals surface area contributed by atoms with E-state index in [0.29, 0.717) is 11.3 Å². The Balaban J connectivity index is 0.962. The Morgan fingerprint density at radius 1 is 0.379 bits per heavy atom. The van der Waals surface area contributed by atoms with Crippen molar-refractivity contribution in [2.45, 2.75) is 0 Å². The Morgan fingerprint density at radius 2 is 0.712 bits per heavy atom. The third kappa shape index (κ3) is 8.86. The molecule has 9 aromatic carbocycles. The zero-order valence-electron chi connectivity index (χ0n) is 37.5. The predicted molar refractivity (Wildman–Crippen MR) is 281 cm³/mol. The van der Waals surface area contributed by atoms with Gasteiger partial charge < -0.3 is 19.6 Å². The van der Waals surface area contributed by atoms with Crippen LogP contribution in [0.1, 0.15) is 27.8 Å². The molecule has 0 spiro atoms. The molecule has 0 bridgehead atoms. The molecule has 66 heavy (non-hydrogen) atoms. The van der Waals surface area contributed by atoms with Gasteiger partial charge in [-0.3, -0.25) is 0 Å². The van der Waals surface area contributed by atoms with Gasteiger partial charge in [0.05, 0.1) is 12.1 Å². The van der Waals surface area contributed by atoms with Crippen molar-refractivity contribution in [3.63, 3.8) is 0 Å². The molecule has 0 saturated heterocycles. The van der Waals surface area contributed by atoms with E-state index in [-0.39, 0.29) is 0 Å². The van der Waals surface area contributed by atoms with Crippen LogP contribution >= 0.6 is 0 Å². The van der Waals surface area contributed by atoms with E-state index in [4.69, 9.17) is 6.57 Å². The van der Waals surface area contributed by atoms with Crippen LogP contribution in [0.15, 0.2) is 194 Å². The number of anilines is 8. The second-order valence-electron chi connectivity index (χ2n) is 16.6. The van der Waals surface area contributed by atoms with Crippen molar-refractivity contribution in [3.8, 4) is 6.07 Å². The summed E-state index contributed by atoms with van der Waals surface area (Å²) in [6.07, 6.45) is 8.30. The standard InChI is InChI=1S/C60H48N6/c1-62-60-56-39-25-45(18-16-43-20-26-51(27-21-43)65(49-12-8-6-9-13-49)53-34-30-47(31-35-53)63(2)3)40-57(56)59(42-61)55-38-24-46(41-58(55)60)19-17-44-22-28-52(29-23-44)66(50-14-10-7-11-15-50)54-36-32-48(33-37-54)64(4)5/h6-41H,2-5H3/b18-16+,19-17+. The summed E-state index contributed by atoms with van der Waals surface area (Å²) in [5.41, 5.74) is 13.8. The van der Waals surface area contributed by atoms with E-state index in [1.807, 2.05) is 76.7 Å². The molecule has 9 aromatic rings. The predicted octanol–water partition coefficient (Wildman–Crippen LogP) is 15.8. The van der Waals surface area contributed by atoms with Crippen molar-refractivity contribution in [1.29, 1.82) is 5.26 Å². The largest absolute Gasteiger partial charge is 0.378 e. The maximum atomic E-state index is 10.6. The van der Waals surface area contributed by atoms with Gasteiger partial charge in [0.15, 0.2) is 0 Å². The maximum Gasteiger partial charge on any atom is 0.202 e. The van der Waals surface area contributed by atoms with Crippen molar-refractivity contribution in [3.05, 3.63) is 233 Å². The molecule has 0 heterocycles. The molecule has 318 valence electrons. The van der Waals surface area contributed by atoms with E-state index in [1.54, 1.807) is 0 Å². The zero-order valence-corrected chi connectivity index (χ0v) is 37.5. The smallest absolute Gasteiger partial charge is 0.202 e. The van der Waals surface area contributed by atoms with E-state index in [9.17, 15) is 5.26 Å². The highest BCUT2D eigenvalue weighted by atomic mass is 15.1. The lowest BCUT2D eigenvalue weighted by Gasteiger charge is -2.26. The average molecular weight is 853 g/mol. The molecular weight excluding hydrogens is 805 g/mol. The molecule has 9 rings (SSSR count). The van der Waals surface area contributed by atoms with Gasteiger partial charge in [-0.2, -0.15) is 5.26 Å². The number of rotatable bonds is 12. The molecule has 6 nitrogen and oxygen atoms in total. The number of fused-ring (bicyclic) bond motifs is 2. The quantitative estimate of drug-likeness (QED) is 0.0696. The Kier molecular flexibility index (Phi) is 12.1. The number of hydrogen-bond donors (Lipinski definition) is 0. The minimum Gasteiger partial charge on any atom is -0.378 e. The maximum absolute atomic E-state index is 10.6. The first kappa shape index (κ1) is 42.5. The fourth-order valence-corrected chi connectivity index (χ4v) is 8.39. The lowest BCUT2D eigenvalue weighted by molar-refractivity contribution is 1.13. The Hall–Kier alpha value is -8.84. The van der Waals surface area contributed by atoms with Gasteiger partial charge in [-0.05, 0) is 147 Å². The normalized spacial score (nSPS) is 11.2. The van der Waals surface area contributed by atoms with E-state index < -0.39 is 0 Å². The van der Waals surface area contributed by atoms with Crippen molar-refractivity contribution >= 4 is 97.0 Å². The first-order valence-corrected chi connectivity index (χ1v) is 21.9. The third-order valence-electron chi connectivity index (χ3n) is 11.9. The average Bonchev–Trinajstić information content (AvgIpc) is 3.36. The first-order chi connectivity index (χ1) is 32.3. The second-order valence-corrected chi connectivity index (χ2v) is 16.6. The number of nitrogens with zero attached hydrogens (tertiary/aromatic N) is 6. The number of nitriles is 1. The topological polar surface area (TPSA) is 41.1 Å². The van der Waals surface area contributed by atoms with E-state index in [0.717, 1.165) is 89.3 Å². The van der Waals surface area contributed by atoms with Crippen LogP contribution in [-0.4, -0.2) is 28.2 Å². The SMILES string of the molecule is [C-]#[N+]c1c2ccc(/C=C/c3ccc(N(c4ccccc4)c4ccc(N(C)C)cc4)cc3)cc2c(C#N)c2ccc(/C=C/c3ccc(N(c4ccccc4)c4ccc(N(C)C)cc4)cc3)cc12. The summed E-state index contributed by atoms with van der Waals surface area (Å²) >= 11 is 0. The molecule has 0 fully saturated rings. The molecular formula is C60H48N6. The highest BCUT2D eigenvalue weighted by molar-refractivity contribution is 6.16. The summed E-state index contributed by atoms with van der Waals surface area (Å²) in [4.78, 5) is 12.7. The van der Waals surface area contributed by atoms with Gasteiger partial charge in [-0.15, -0.1) is 0 Å². The summed E-state index contributed by atoms with van der Waals surface area (Å²) < 4.78 is 0. The van der Waals surface area contributed by atoms with Gasteiger partial charge in [-0.25, -0.2) is 4.85 Å². The Labute approximate surface area is 387 Å². The molecule has 0 aliphatic carbocycles. The molecule has 0 aliphatic rings. The molecule has 0 saturated carbocycles. The van der Waals surface area contributed by atoms with Crippen molar-refractivity contribution in [1.82, 2.24) is 0 Å². The fraction of sp³-hybridized carbons (Fsp3) is 0.0667. The fourth-order valence-electron chi connectivity index (χ4n) is 8.39. The van der Waals surface area contributed by atoms with Gasteiger partial charge in [0.2, 0.25) is 5.69 Å². The summed E-state index contributed by atoms with van der Waals surface area (Å²) in [5.74, 6) is 0. The second kappa shape index (κ2) is 18.9. The molecule has 0 amide bonds. The van der Waals surface area contributed by atoms with E-state index in [1.165, 1.54) is 0 Å². The zero-order chi connectivity index (χ0) is 45.6. The van der Waals surface area contributed by atoms with Gasteiger partial charge in [0, 0.05) is 73.7 Å². The van der Waals surface area contributed by atoms with Gasteiger partial charge in [0.25, 0.3) is 0 Å². The van der Waals surface area contributed by atoms with E-state index in [2.05, 4.69) is 200 Å². The van der Waals surface area contributed by atoms with Crippen LogP contribution in [0.4, 0.5) is 51.2 Å². The lowest BCUT2D eigenvalue weighted by Crippen LogP contribution is -2.11. The lowest BCUT2D eigenvalue weighted by atomic mass is 9.93. The molecule has 0 unspecified atom stereocenters. The van der Waals surface area contributed by atoms with Gasteiger partial charge >= 0.3 is 0 Å². The van der Waals surface area contributed by atoms with Crippen LogP contribution in [0.3, 0.4) is 0 Å². The Morgan fingerprint density at radius 3 is 1.11 bits per heavy atom. The Bertz CT molecular complexity index is 3060. The molecule has 0 atom stereocenters. The van der Waals surface area contributed by atoms with Gasteiger partial charge in [-0.1, -0.05) is 115 Å². The molecule has 0 radical (unpaired) electrons. The van der Waals surface area contributed by atoms with Crippen LogP contribution in [-0.2, 0) is 0 Å². The summed E-state index contributed by atoms with van der Waals surface area (Å²) in [6, 6.07) is 69.5. The number of hydrogen-bond acceptors (Lipinski definition) is 5. The van der Waals surface area contributed by atoms with Crippen molar-refractivity contribution in [2.24, 2.45) is 0 Å². The monoisotopic (exact) mass is 852 g/mol. The first-order valence-electron chi connectivity index (χ1n) is 21.9. The number of para-hydroxylation sites is 2. The summed E-state index contributed by atoms with van der Waals surface area (Å²) in [7, 11) is 8.19.